The highest BCUT2D eigenvalue weighted by atomic mass is 16.4. The first-order valence-corrected chi connectivity index (χ1v) is 4.52. The molecule has 14 heavy (non-hydrogen) atoms. The third-order valence-corrected chi connectivity index (χ3v) is 2.06. The Balaban J connectivity index is 3.91. The van der Waals surface area contributed by atoms with Crippen molar-refractivity contribution >= 4 is 11.9 Å². The summed E-state index contributed by atoms with van der Waals surface area (Å²) in [6, 6.07) is 0. The largest absolute Gasteiger partial charge is 0.481 e. The Labute approximate surface area is 83.2 Å². The lowest BCUT2D eigenvalue weighted by molar-refractivity contribution is -0.138. The van der Waals surface area contributed by atoms with Crippen molar-refractivity contribution < 1.29 is 19.8 Å². The third-order valence-electron chi connectivity index (χ3n) is 2.06. The Bertz CT molecular complexity index is 232. The van der Waals surface area contributed by atoms with Crippen LogP contribution in [-0.2, 0) is 9.59 Å². The van der Waals surface area contributed by atoms with Crippen molar-refractivity contribution in [1.82, 2.24) is 0 Å². The summed E-state index contributed by atoms with van der Waals surface area (Å²) in [6.07, 6.45) is 1.20. The molecule has 0 rings (SSSR count). The number of hydrogen-bond donors (Lipinski definition) is 2. The van der Waals surface area contributed by atoms with Gasteiger partial charge in [0, 0.05) is 6.42 Å². The molecule has 0 saturated heterocycles. The van der Waals surface area contributed by atoms with Gasteiger partial charge >= 0.3 is 11.9 Å². The number of carboxylic acids is 2. The molecule has 0 fully saturated rings. The number of aliphatic carboxylic acids is 2. The number of allylic oxidation sites excluding steroid dienone is 1. The van der Waals surface area contributed by atoms with Gasteiger partial charge in [-0.3, -0.25) is 9.59 Å². The highest BCUT2D eigenvalue weighted by molar-refractivity contribution is 5.68. The normalized spacial score (nSPS) is 12.1. The molecule has 1 atom stereocenters. The van der Waals surface area contributed by atoms with E-state index >= 15 is 0 Å². The van der Waals surface area contributed by atoms with Crippen LogP contribution in [0.1, 0.15) is 32.6 Å². The summed E-state index contributed by atoms with van der Waals surface area (Å²) < 4.78 is 0. The molecular formula is C10H16O4. The van der Waals surface area contributed by atoms with Gasteiger partial charge in [-0.2, -0.15) is 0 Å². The quantitative estimate of drug-likeness (QED) is 0.615. The maximum atomic E-state index is 10.5. The average Bonchev–Trinajstić information content (AvgIpc) is 2.00. The highest BCUT2D eigenvalue weighted by Gasteiger charge is 2.14. The van der Waals surface area contributed by atoms with Crippen molar-refractivity contribution in [3.8, 4) is 0 Å². The van der Waals surface area contributed by atoms with E-state index in [1.807, 2.05) is 0 Å². The maximum absolute atomic E-state index is 10.5. The van der Waals surface area contributed by atoms with Crippen molar-refractivity contribution in [3.05, 3.63) is 12.2 Å². The molecule has 0 aliphatic rings. The Hall–Kier alpha value is -1.32. The first-order chi connectivity index (χ1) is 6.43. The average molecular weight is 200 g/mol. The van der Waals surface area contributed by atoms with Crippen molar-refractivity contribution in [2.24, 2.45) is 5.92 Å². The Kier molecular flexibility index (Phi) is 5.60. The predicted octanol–water partition coefficient (Wildman–Crippen LogP) is 1.91. The molecule has 0 aliphatic carbocycles. The van der Waals surface area contributed by atoms with Crippen LogP contribution in [0.4, 0.5) is 0 Å². The number of carboxylic acid groups (broad SMARTS) is 2. The van der Waals surface area contributed by atoms with Crippen LogP contribution in [-0.4, -0.2) is 22.2 Å². The molecule has 0 aliphatic heterocycles. The fourth-order valence-corrected chi connectivity index (χ4v) is 1.23. The van der Waals surface area contributed by atoms with E-state index in [0.29, 0.717) is 12.8 Å². The molecule has 0 bridgehead atoms. The van der Waals surface area contributed by atoms with Crippen LogP contribution in [0, 0.1) is 5.92 Å². The number of hydrogen-bond acceptors (Lipinski definition) is 2. The van der Waals surface area contributed by atoms with Gasteiger partial charge in [0.2, 0.25) is 0 Å². The second kappa shape index (κ2) is 6.18. The van der Waals surface area contributed by atoms with E-state index in [4.69, 9.17) is 10.2 Å². The Morgan fingerprint density at radius 1 is 1.29 bits per heavy atom. The van der Waals surface area contributed by atoms with Gasteiger partial charge in [-0.25, -0.2) is 0 Å². The molecule has 4 heteroatoms. The molecule has 0 aromatic rings. The second-order valence-electron chi connectivity index (χ2n) is 3.43. The van der Waals surface area contributed by atoms with Gasteiger partial charge in [-0.1, -0.05) is 12.2 Å². The minimum atomic E-state index is -0.867. The van der Waals surface area contributed by atoms with Crippen LogP contribution in [0.15, 0.2) is 12.2 Å². The Morgan fingerprint density at radius 2 is 1.86 bits per heavy atom. The van der Waals surface area contributed by atoms with Crippen molar-refractivity contribution in [1.29, 1.82) is 0 Å². The van der Waals surface area contributed by atoms with Crippen LogP contribution in [0.5, 0.6) is 0 Å². The summed E-state index contributed by atoms with van der Waals surface area (Å²) in [7, 11) is 0. The zero-order valence-electron chi connectivity index (χ0n) is 8.32. The fourth-order valence-electron chi connectivity index (χ4n) is 1.23. The first kappa shape index (κ1) is 12.7. The minimum absolute atomic E-state index is 0.0367. The van der Waals surface area contributed by atoms with E-state index in [1.54, 1.807) is 6.92 Å². The molecule has 1 unspecified atom stereocenters. The first-order valence-electron chi connectivity index (χ1n) is 4.52. The monoisotopic (exact) mass is 200 g/mol. The zero-order valence-corrected chi connectivity index (χ0v) is 8.32. The van der Waals surface area contributed by atoms with Gasteiger partial charge < -0.3 is 10.2 Å². The van der Waals surface area contributed by atoms with Crippen LogP contribution >= 0.6 is 0 Å². The van der Waals surface area contributed by atoms with Crippen LogP contribution in [0.3, 0.4) is 0 Å². The minimum Gasteiger partial charge on any atom is -0.481 e. The molecule has 2 N–H and O–H groups in total. The molecule has 0 amide bonds. The van der Waals surface area contributed by atoms with E-state index in [-0.39, 0.29) is 18.8 Å². The van der Waals surface area contributed by atoms with Crippen molar-refractivity contribution in [2.45, 2.75) is 32.6 Å². The number of carbonyl (C=O) groups is 2. The van der Waals surface area contributed by atoms with Gasteiger partial charge in [0.25, 0.3) is 0 Å². The third kappa shape index (κ3) is 6.22. The number of rotatable bonds is 7. The van der Waals surface area contributed by atoms with Crippen LogP contribution in [0.25, 0.3) is 0 Å². The summed E-state index contributed by atoms with van der Waals surface area (Å²) in [5, 5.41) is 17.0. The smallest absolute Gasteiger partial charge is 0.303 e. The molecular weight excluding hydrogens is 184 g/mol. The van der Waals surface area contributed by atoms with Crippen LogP contribution < -0.4 is 0 Å². The zero-order chi connectivity index (χ0) is 11.1. The van der Waals surface area contributed by atoms with Gasteiger partial charge in [-0.05, 0) is 25.7 Å². The van der Waals surface area contributed by atoms with E-state index in [9.17, 15) is 9.59 Å². The van der Waals surface area contributed by atoms with E-state index in [1.165, 1.54) is 0 Å². The standard InChI is InChI=1S/C10H16O4/c1-7(2)8(6-10(13)14)4-3-5-9(11)12/h8H,1,3-6H2,2H3,(H,11,12)(H,13,14). The van der Waals surface area contributed by atoms with Crippen LogP contribution in [0.2, 0.25) is 0 Å². The van der Waals surface area contributed by atoms with Gasteiger partial charge in [0.1, 0.15) is 0 Å². The second-order valence-corrected chi connectivity index (χ2v) is 3.43. The van der Waals surface area contributed by atoms with Crippen molar-refractivity contribution in [3.63, 3.8) is 0 Å². The summed E-state index contributed by atoms with van der Waals surface area (Å²) >= 11 is 0. The van der Waals surface area contributed by atoms with Crippen molar-refractivity contribution in [2.75, 3.05) is 0 Å². The predicted molar refractivity (Wildman–Crippen MR) is 52.0 cm³/mol. The van der Waals surface area contributed by atoms with E-state index in [2.05, 4.69) is 6.58 Å². The SMILES string of the molecule is C=C(C)C(CCCC(=O)O)CC(=O)O. The van der Waals surface area contributed by atoms with Gasteiger partial charge in [0.05, 0.1) is 6.42 Å². The summed E-state index contributed by atoms with van der Waals surface area (Å²) in [5.74, 6) is -1.82. The van der Waals surface area contributed by atoms with Gasteiger partial charge in [-0.15, -0.1) is 0 Å². The van der Waals surface area contributed by atoms with Gasteiger partial charge in [0.15, 0.2) is 0 Å². The topological polar surface area (TPSA) is 74.6 Å². The fraction of sp³-hybridized carbons (Fsp3) is 0.600. The Morgan fingerprint density at radius 3 is 2.21 bits per heavy atom. The molecule has 80 valence electrons. The molecule has 0 radical (unpaired) electrons. The highest BCUT2D eigenvalue weighted by Crippen LogP contribution is 2.20. The summed E-state index contributed by atoms with van der Waals surface area (Å²) in [6.45, 7) is 5.47. The summed E-state index contributed by atoms with van der Waals surface area (Å²) in [5.41, 5.74) is 0.804. The molecule has 4 nitrogen and oxygen atoms in total. The molecule has 0 spiro atoms. The molecule has 0 aromatic carbocycles. The van der Waals surface area contributed by atoms with E-state index in [0.717, 1.165) is 5.57 Å². The molecule has 0 aromatic heterocycles. The lowest BCUT2D eigenvalue weighted by atomic mass is 9.92. The summed E-state index contributed by atoms with van der Waals surface area (Å²) in [4.78, 5) is 20.7. The molecule has 0 saturated carbocycles. The maximum Gasteiger partial charge on any atom is 0.303 e. The lowest BCUT2D eigenvalue weighted by Gasteiger charge is -2.13. The van der Waals surface area contributed by atoms with E-state index < -0.39 is 11.9 Å². The molecule has 0 heterocycles. The lowest BCUT2D eigenvalue weighted by Crippen LogP contribution is -2.09.